The highest BCUT2D eigenvalue weighted by Crippen LogP contribution is 2.14. The SMILES string of the molecule is O=C(Cc1ccccc1)Nc1cccc(CCc2ccccc2)c1. The van der Waals surface area contributed by atoms with E-state index >= 15 is 0 Å². The molecule has 0 saturated heterocycles. The van der Waals surface area contributed by atoms with E-state index in [0.29, 0.717) is 6.42 Å². The minimum absolute atomic E-state index is 0.0152. The summed E-state index contributed by atoms with van der Waals surface area (Å²) in [5, 5.41) is 2.99. The Labute approximate surface area is 143 Å². The molecule has 0 spiro atoms. The molecule has 0 aliphatic carbocycles. The third-order valence-corrected chi connectivity index (χ3v) is 3.96. The molecular formula is C22H21NO. The Bertz CT molecular complexity index is 781. The molecule has 0 aliphatic rings. The van der Waals surface area contributed by atoms with E-state index in [1.807, 2.05) is 48.5 Å². The van der Waals surface area contributed by atoms with Gasteiger partial charge in [0.2, 0.25) is 5.91 Å². The number of amides is 1. The van der Waals surface area contributed by atoms with Crippen molar-refractivity contribution < 1.29 is 4.79 Å². The van der Waals surface area contributed by atoms with Crippen LogP contribution in [0.3, 0.4) is 0 Å². The average molecular weight is 315 g/mol. The summed E-state index contributed by atoms with van der Waals surface area (Å²) in [6.45, 7) is 0. The number of rotatable bonds is 6. The molecule has 3 aromatic carbocycles. The number of aryl methyl sites for hydroxylation is 2. The van der Waals surface area contributed by atoms with Gasteiger partial charge in [-0.3, -0.25) is 4.79 Å². The molecule has 0 unspecified atom stereocenters. The van der Waals surface area contributed by atoms with Gasteiger partial charge in [0.15, 0.2) is 0 Å². The first-order chi connectivity index (χ1) is 11.8. The molecule has 0 atom stereocenters. The van der Waals surface area contributed by atoms with Gasteiger partial charge in [0.1, 0.15) is 0 Å². The monoisotopic (exact) mass is 315 g/mol. The van der Waals surface area contributed by atoms with Gasteiger partial charge in [-0.05, 0) is 41.7 Å². The highest BCUT2D eigenvalue weighted by atomic mass is 16.1. The van der Waals surface area contributed by atoms with Crippen molar-refractivity contribution >= 4 is 11.6 Å². The van der Waals surface area contributed by atoms with Crippen LogP contribution >= 0.6 is 0 Å². The summed E-state index contributed by atoms with van der Waals surface area (Å²) in [5.41, 5.74) is 4.45. The van der Waals surface area contributed by atoms with Crippen LogP contribution in [0.5, 0.6) is 0 Å². The van der Waals surface area contributed by atoms with Gasteiger partial charge in [0.05, 0.1) is 6.42 Å². The summed E-state index contributed by atoms with van der Waals surface area (Å²) in [6, 6.07) is 28.4. The van der Waals surface area contributed by atoms with E-state index in [2.05, 4.69) is 41.7 Å². The van der Waals surface area contributed by atoms with Gasteiger partial charge in [-0.2, -0.15) is 0 Å². The Morgan fingerprint density at radius 1 is 0.667 bits per heavy atom. The lowest BCUT2D eigenvalue weighted by Gasteiger charge is -2.08. The molecule has 1 amide bonds. The van der Waals surface area contributed by atoms with Gasteiger partial charge in [0.25, 0.3) is 0 Å². The van der Waals surface area contributed by atoms with E-state index in [0.717, 1.165) is 24.1 Å². The first-order valence-electron chi connectivity index (χ1n) is 8.26. The zero-order valence-corrected chi connectivity index (χ0v) is 13.6. The van der Waals surface area contributed by atoms with E-state index in [1.165, 1.54) is 11.1 Å². The van der Waals surface area contributed by atoms with Crippen LogP contribution < -0.4 is 5.32 Å². The molecule has 0 aliphatic heterocycles. The second-order valence-electron chi connectivity index (χ2n) is 5.90. The van der Waals surface area contributed by atoms with Crippen LogP contribution in [0.15, 0.2) is 84.9 Å². The van der Waals surface area contributed by atoms with Crippen LogP contribution in [-0.4, -0.2) is 5.91 Å². The average Bonchev–Trinajstić information content (AvgIpc) is 2.62. The predicted molar refractivity (Wildman–Crippen MR) is 99.1 cm³/mol. The summed E-state index contributed by atoms with van der Waals surface area (Å²) < 4.78 is 0. The molecule has 120 valence electrons. The lowest BCUT2D eigenvalue weighted by molar-refractivity contribution is -0.115. The molecule has 1 N–H and O–H groups in total. The number of benzene rings is 3. The van der Waals surface area contributed by atoms with Crippen LogP contribution in [0.4, 0.5) is 5.69 Å². The Balaban J connectivity index is 1.57. The molecule has 0 fully saturated rings. The number of anilines is 1. The normalized spacial score (nSPS) is 10.3. The number of hydrogen-bond acceptors (Lipinski definition) is 1. The molecule has 24 heavy (non-hydrogen) atoms. The number of nitrogens with one attached hydrogen (secondary N) is 1. The van der Waals surface area contributed by atoms with Gasteiger partial charge in [0, 0.05) is 5.69 Å². The van der Waals surface area contributed by atoms with E-state index < -0.39 is 0 Å². The fraction of sp³-hybridized carbons (Fsp3) is 0.136. The first-order valence-corrected chi connectivity index (χ1v) is 8.26. The predicted octanol–water partition coefficient (Wildman–Crippen LogP) is 4.65. The van der Waals surface area contributed by atoms with Crippen molar-refractivity contribution in [3.05, 3.63) is 102 Å². The Hall–Kier alpha value is -2.87. The lowest BCUT2D eigenvalue weighted by Crippen LogP contribution is -2.14. The lowest BCUT2D eigenvalue weighted by atomic mass is 10.0. The molecule has 2 nitrogen and oxygen atoms in total. The second kappa shape index (κ2) is 8.11. The van der Waals surface area contributed by atoms with Crippen LogP contribution in [0.25, 0.3) is 0 Å². The third kappa shape index (κ3) is 4.82. The Morgan fingerprint density at radius 3 is 1.96 bits per heavy atom. The fourth-order valence-corrected chi connectivity index (χ4v) is 2.72. The van der Waals surface area contributed by atoms with Gasteiger partial charge in [-0.25, -0.2) is 0 Å². The summed E-state index contributed by atoms with van der Waals surface area (Å²) in [6.07, 6.45) is 2.36. The van der Waals surface area contributed by atoms with Crippen LogP contribution in [0.2, 0.25) is 0 Å². The number of hydrogen-bond donors (Lipinski definition) is 1. The Morgan fingerprint density at radius 2 is 1.25 bits per heavy atom. The smallest absolute Gasteiger partial charge is 0.228 e. The van der Waals surface area contributed by atoms with Crippen molar-refractivity contribution in [3.8, 4) is 0 Å². The second-order valence-corrected chi connectivity index (χ2v) is 5.90. The molecular weight excluding hydrogens is 294 g/mol. The zero-order valence-electron chi connectivity index (χ0n) is 13.6. The summed E-state index contributed by atoms with van der Waals surface area (Å²) in [5.74, 6) is 0.0152. The zero-order chi connectivity index (χ0) is 16.6. The summed E-state index contributed by atoms with van der Waals surface area (Å²) >= 11 is 0. The van der Waals surface area contributed by atoms with Gasteiger partial charge < -0.3 is 5.32 Å². The van der Waals surface area contributed by atoms with Crippen molar-refractivity contribution in [1.29, 1.82) is 0 Å². The molecule has 3 rings (SSSR count). The maximum absolute atomic E-state index is 12.2. The van der Waals surface area contributed by atoms with Crippen LogP contribution in [0.1, 0.15) is 16.7 Å². The summed E-state index contributed by atoms with van der Waals surface area (Å²) in [7, 11) is 0. The van der Waals surface area contributed by atoms with Crippen molar-refractivity contribution in [3.63, 3.8) is 0 Å². The van der Waals surface area contributed by atoms with Crippen LogP contribution in [-0.2, 0) is 24.1 Å². The van der Waals surface area contributed by atoms with E-state index in [1.54, 1.807) is 0 Å². The van der Waals surface area contributed by atoms with Crippen LogP contribution in [0, 0.1) is 0 Å². The minimum atomic E-state index is 0.0152. The van der Waals surface area contributed by atoms with E-state index in [-0.39, 0.29) is 5.91 Å². The minimum Gasteiger partial charge on any atom is -0.326 e. The highest BCUT2D eigenvalue weighted by molar-refractivity contribution is 5.92. The van der Waals surface area contributed by atoms with Crippen molar-refractivity contribution in [2.24, 2.45) is 0 Å². The van der Waals surface area contributed by atoms with Crippen molar-refractivity contribution in [1.82, 2.24) is 0 Å². The van der Waals surface area contributed by atoms with E-state index in [4.69, 9.17) is 0 Å². The van der Waals surface area contributed by atoms with E-state index in [9.17, 15) is 4.79 Å². The topological polar surface area (TPSA) is 29.1 Å². The van der Waals surface area contributed by atoms with Gasteiger partial charge in [-0.15, -0.1) is 0 Å². The third-order valence-electron chi connectivity index (χ3n) is 3.96. The molecule has 0 saturated carbocycles. The molecule has 0 bridgehead atoms. The molecule has 3 aromatic rings. The fourth-order valence-electron chi connectivity index (χ4n) is 2.72. The van der Waals surface area contributed by atoms with Gasteiger partial charge >= 0.3 is 0 Å². The molecule has 0 aromatic heterocycles. The standard InChI is InChI=1S/C22H21NO/c24-22(17-19-10-5-2-6-11-19)23-21-13-7-12-20(16-21)15-14-18-8-3-1-4-9-18/h1-13,16H,14-15,17H2,(H,23,24). The van der Waals surface area contributed by atoms with Crippen molar-refractivity contribution in [2.45, 2.75) is 19.3 Å². The highest BCUT2D eigenvalue weighted by Gasteiger charge is 2.04. The Kier molecular flexibility index (Phi) is 5.41. The largest absolute Gasteiger partial charge is 0.326 e. The quantitative estimate of drug-likeness (QED) is 0.704. The summed E-state index contributed by atoms with van der Waals surface area (Å²) in [4.78, 5) is 12.2. The first kappa shape index (κ1) is 16.0. The van der Waals surface area contributed by atoms with Gasteiger partial charge in [-0.1, -0.05) is 72.8 Å². The molecule has 0 radical (unpaired) electrons. The molecule has 2 heteroatoms. The number of carbonyl (C=O) groups is 1. The molecule has 0 heterocycles. The van der Waals surface area contributed by atoms with Crippen molar-refractivity contribution in [2.75, 3.05) is 5.32 Å². The maximum atomic E-state index is 12.2. The number of carbonyl (C=O) groups excluding carboxylic acids is 1. The maximum Gasteiger partial charge on any atom is 0.228 e.